The van der Waals surface area contributed by atoms with E-state index in [9.17, 15) is 19.2 Å². The van der Waals surface area contributed by atoms with E-state index in [2.05, 4.69) is 20.9 Å². The average molecular weight is 579 g/mol. The molecule has 1 aliphatic heterocycles. The van der Waals surface area contributed by atoms with Crippen LogP contribution in [0, 0.1) is 18.7 Å². The van der Waals surface area contributed by atoms with Gasteiger partial charge in [0.25, 0.3) is 11.8 Å². The number of anilines is 2. The Hall–Kier alpha value is -4.48. The van der Waals surface area contributed by atoms with Crippen LogP contribution in [0.5, 0.6) is 0 Å². The molecule has 0 bridgehead atoms. The lowest BCUT2D eigenvalue weighted by Crippen LogP contribution is -2.50. The van der Waals surface area contributed by atoms with Gasteiger partial charge in [0, 0.05) is 50.3 Å². The fraction of sp³-hybridized carbons (Fsp3) is 0.433. The van der Waals surface area contributed by atoms with Crippen LogP contribution in [0.3, 0.4) is 0 Å². The Morgan fingerprint density at radius 1 is 1.17 bits per heavy atom. The maximum absolute atomic E-state index is 15.3. The summed E-state index contributed by atoms with van der Waals surface area (Å²) in [6.45, 7) is 6.39. The summed E-state index contributed by atoms with van der Waals surface area (Å²) < 4.78 is 20.7. The summed E-state index contributed by atoms with van der Waals surface area (Å²) in [5, 5.41) is 8.41. The molecule has 2 aliphatic rings. The third kappa shape index (κ3) is 6.53. The van der Waals surface area contributed by atoms with Crippen LogP contribution in [0.15, 0.2) is 34.7 Å². The summed E-state index contributed by atoms with van der Waals surface area (Å²) in [5.74, 6) is -0.580. The number of carbonyl (C=O) groups excluding carboxylic acids is 4. The van der Waals surface area contributed by atoms with Crippen LogP contribution in [0.2, 0.25) is 0 Å². The SMILES string of the molecule is Cc1nc2cc(C(=O)N[C@@H]3CCCN(C(=O)Nc4cc(C(=O)NCC5CC5)c(N(C=O)C(C)C)cc4F)C3)ccc2o1. The van der Waals surface area contributed by atoms with Crippen LogP contribution in [0.25, 0.3) is 11.1 Å². The number of rotatable bonds is 9. The zero-order chi connectivity index (χ0) is 30.0. The number of hydrogen-bond donors (Lipinski definition) is 3. The Kier molecular flexibility index (Phi) is 8.41. The van der Waals surface area contributed by atoms with Crippen molar-refractivity contribution < 1.29 is 28.0 Å². The van der Waals surface area contributed by atoms with E-state index in [4.69, 9.17) is 4.42 Å². The van der Waals surface area contributed by atoms with Crippen molar-refractivity contribution in [1.82, 2.24) is 20.5 Å². The molecule has 0 unspecified atom stereocenters. The van der Waals surface area contributed by atoms with Gasteiger partial charge in [0.2, 0.25) is 6.41 Å². The number of amides is 5. The lowest BCUT2D eigenvalue weighted by molar-refractivity contribution is -0.107. The molecule has 0 radical (unpaired) electrons. The van der Waals surface area contributed by atoms with Crippen LogP contribution in [0.4, 0.5) is 20.6 Å². The molecule has 5 rings (SSSR count). The zero-order valence-corrected chi connectivity index (χ0v) is 23.9. The largest absolute Gasteiger partial charge is 0.441 e. The first kappa shape index (κ1) is 29.0. The molecule has 2 aromatic carbocycles. The normalized spacial score (nSPS) is 16.8. The number of aryl methyl sites for hydroxylation is 1. The van der Waals surface area contributed by atoms with Gasteiger partial charge >= 0.3 is 6.03 Å². The molecule has 42 heavy (non-hydrogen) atoms. The summed E-state index contributed by atoms with van der Waals surface area (Å²) in [4.78, 5) is 58.1. The molecule has 1 saturated carbocycles. The number of aromatic nitrogens is 1. The van der Waals surface area contributed by atoms with E-state index in [0.29, 0.717) is 60.8 Å². The first-order chi connectivity index (χ1) is 20.1. The van der Waals surface area contributed by atoms with Gasteiger partial charge in [0.1, 0.15) is 11.3 Å². The van der Waals surface area contributed by atoms with Crippen molar-refractivity contribution >= 4 is 46.7 Å². The Labute approximate surface area is 242 Å². The molecule has 2 fully saturated rings. The van der Waals surface area contributed by atoms with E-state index >= 15 is 4.39 Å². The number of nitrogens with one attached hydrogen (secondary N) is 3. The highest BCUT2D eigenvalue weighted by Crippen LogP contribution is 2.31. The van der Waals surface area contributed by atoms with E-state index in [0.717, 1.165) is 18.9 Å². The number of fused-ring (bicyclic) bond motifs is 1. The maximum Gasteiger partial charge on any atom is 0.321 e. The highest BCUT2D eigenvalue weighted by molar-refractivity contribution is 6.04. The number of nitrogens with zero attached hydrogens (tertiary/aromatic N) is 3. The van der Waals surface area contributed by atoms with Crippen molar-refractivity contribution in [1.29, 1.82) is 0 Å². The van der Waals surface area contributed by atoms with Crippen molar-refractivity contribution in [2.45, 2.75) is 58.5 Å². The summed E-state index contributed by atoms with van der Waals surface area (Å²) in [5.41, 5.74) is 1.66. The summed E-state index contributed by atoms with van der Waals surface area (Å²) in [7, 11) is 0. The number of oxazole rings is 1. The average Bonchev–Trinajstić information content (AvgIpc) is 3.71. The zero-order valence-electron chi connectivity index (χ0n) is 23.9. The molecule has 2 heterocycles. The van der Waals surface area contributed by atoms with E-state index in [1.807, 2.05) is 0 Å². The fourth-order valence-electron chi connectivity index (χ4n) is 5.09. The topological polar surface area (TPSA) is 137 Å². The molecule has 1 saturated heterocycles. The lowest BCUT2D eigenvalue weighted by Gasteiger charge is -2.33. The third-order valence-electron chi connectivity index (χ3n) is 7.57. The lowest BCUT2D eigenvalue weighted by atomic mass is 10.0. The Bertz CT molecular complexity index is 1520. The predicted octanol–water partition coefficient (Wildman–Crippen LogP) is 4.21. The standard InChI is InChI=1S/C30H35FN6O5/c1-17(2)37(16-38)26-13-23(31)24(12-22(26)29(40)32-14-19-6-7-19)35-30(41)36-10-4-5-21(15-36)34-28(39)20-8-9-27-25(11-20)33-18(3)42-27/h8-9,11-13,16-17,19,21H,4-7,10,14-15H2,1-3H3,(H,32,40)(H,34,39)(H,35,41)/t21-/m1/s1. The summed E-state index contributed by atoms with van der Waals surface area (Å²) in [6, 6.07) is 6.20. The Morgan fingerprint density at radius 2 is 1.95 bits per heavy atom. The molecule has 3 aromatic rings. The highest BCUT2D eigenvalue weighted by Gasteiger charge is 2.28. The van der Waals surface area contributed by atoms with E-state index in [1.165, 1.54) is 15.9 Å². The molecule has 0 spiro atoms. The van der Waals surface area contributed by atoms with Crippen molar-refractivity contribution in [3.63, 3.8) is 0 Å². The number of likely N-dealkylation sites (tertiary alicyclic amines) is 1. The number of piperidine rings is 1. The van der Waals surface area contributed by atoms with E-state index in [-0.39, 0.29) is 41.5 Å². The van der Waals surface area contributed by atoms with Gasteiger partial charge in [-0.25, -0.2) is 14.2 Å². The Balaban J connectivity index is 1.28. The quantitative estimate of drug-likeness (QED) is 0.326. The third-order valence-corrected chi connectivity index (χ3v) is 7.57. The highest BCUT2D eigenvalue weighted by atomic mass is 19.1. The van der Waals surface area contributed by atoms with Crippen molar-refractivity contribution in [2.75, 3.05) is 29.9 Å². The smallest absolute Gasteiger partial charge is 0.321 e. The Morgan fingerprint density at radius 3 is 2.67 bits per heavy atom. The molecular weight excluding hydrogens is 543 g/mol. The van der Waals surface area contributed by atoms with Crippen LogP contribution in [-0.4, -0.2) is 65.9 Å². The first-order valence-corrected chi connectivity index (χ1v) is 14.2. The van der Waals surface area contributed by atoms with Gasteiger partial charge in [-0.2, -0.15) is 0 Å². The van der Waals surface area contributed by atoms with Crippen LogP contribution in [0.1, 0.15) is 66.1 Å². The van der Waals surface area contributed by atoms with E-state index < -0.39 is 17.8 Å². The minimum atomic E-state index is -0.773. The predicted molar refractivity (Wildman–Crippen MR) is 155 cm³/mol. The second kappa shape index (κ2) is 12.2. The van der Waals surface area contributed by atoms with Crippen LogP contribution < -0.4 is 20.9 Å². The second-order valence-corrected chi connectivity index (χ2v) is 11.2. The van der Waals surface area contributed by atoms with Crippen molar-refractivity contribution in [3.8, 4) is 0 Å². The maximum atomic E-state index is 15.3. The number of benzene rings is 2. The summed E-state index contributed by atoms with van der Waals surface area (Å²) >= 11 is 0. The van der Waals surface area contributed by atoms with Gasteiger partial charge in [0.15, 0.2) is 11.5 Å². The fourth-order valence-corrected chi connectivity index (χ4v) is 5.09. The molecule has 3 N–H and O–H groups in total. The van der Waals surface area contributed by atoms with Crippen LogP contribution in [-0.2, 0) is 4.79 Å². The van der Waals surface area contributed by atoms with Crippen molar-refractivity contribution in [3.05, 3.63) is 53.2 Å². The van der Waals surface area contributed by atoms with Gasteiger partial charge in [-0.3, -0.25) is 14.4 Å². The number of halogens is 1. The minimum absolute atomic E-state index is 0.0937. The van der Waals surface area contributed by atoms with Gasteiger partial charge in [0.05, 0.1) is 16.9 Å². The molecule has 1 aromatic heterocycles. The number of urea groups is 1. The van der Waals surface area contributed by atoms with E-state index in [1.54, 1.807) is 39.0 Å². The molecule has 5 amide bonds. The molecule has 12 heteroatoms. The molecule has 222 valence electrons. The van der Waals surface area contributed by atoms with Gasteiger partial charge in [-0.15, -0.1) is 0 Å². The van der Waals surface area contributed by atoms with Crippen molar-refractivity contribution in [2.24, 2.45) is 5.92 Å². The number of carbonyl (C=O) groups is 4. The first-order valence-electron chi connectivity index (χ1n) is 14.2. The number of hydrogen-bond acceptors (Lipinski definition) is 6. The molecule has 11 nitrogen and oxygen atoms in total. The summed E-state index contributed by atoms with van der Waals surface area (Å²) in [6.07, 6.45) is 3.95. The molecule has 1 atom stereocenters. The molecule has 1 aliphatic carbocycles. The second-order valence-electron chi connectivity index (χ2n) is 11.2. The van der Waals surface area contributed by atoms with Crippen LogP contribution >= 0.6 is 0 Å². The van der Waals surface area contributed by atoms with Gasteiger partial charge in [-0.1, -0.05) is 0 Å². The molecular formula is C30H35FN6O5. The van der Waals surface area contributed by atoms with Gasteiger partial charge < -0.3 is 30.2 Å². The minimum Gasteiger partial charge on any atom is -0.441 e. The van der Waals surface area contributed by atoms with Gasteiger partial charge in [-0.05, 0) is 69.7 Å². The monoisotopic (exact) mass is 578 g/mol.